The quantitative estimate of drug-likeness (QED) is 0.549. The summed E-state index contributed by atoms with van der Waals surface area (Å²) in [6.45, 7) is 3.62. The third-order valence-corrected chi connectivity index (χ3v) is 5.92. The Morgan fingerprint density at radius 2 is 1.89 bits per heavy atom. The van der Waals surface area contributed by atoms with E-state index in [1.807, 2.05) is 29.2 Å². The molecular formula is C20H19N3O3S. The average molecular weight is 381 g/mol. The minimum Gasteiger partial charge on any atom is -0.467 e. The van der Waals surface area contributed by atoms with Crippen molar-refractivity contribution in [3.8, 4) is 0 Å². The molecule has 0 unspecified atom stereocenters. The first-order valence-electron chi connectivity index (χ1n) is 8.90. The number of carbonyl (C=O) groups excluding carboxylic acids is 1. The number of hydrogen-bond acceptors (Lipinski definition) is 5. The summed E-state index contributed by atoms with van der Waals surface area (Å²) in [4.78, 5) is 15.4. The SMILES string of the molecule is O=C(NCc1ccco1)N1CC2=C(CN(Sc3ccc4occc4c3)C2)C1. The standard InChI is InChI=1S/C20H19N3O3S/c24-20(21-9-17-2-1-6-25-17)22-10-15-12-23(13-16(15)11-22)27-18-3-4-19-14(8-18)5-7-26-19/h1-8H,9-13H2,(H,21,24). The molecule has 7 heteroatoms. The van der Waals surface area contributed by atoms with Crippen molar-refractivity contribution in [1.29, 1.82) is 0 Å². The van der Waals surface area contributed by atoms with Crippen LogP contribution in [-0.2, 0) is 6.54 Å². The molecule has 138 valence electrons. The van der Waals surface area contributed by atoms with Gasteiger partial charge in [-0.25, -0.2) is 9.10 Å². The summed E-state index contributed by atoms with van der Waals surface area (Å²) < 4.78 is 13.0. The van der Waals surface area contributed by atoms with Gasteiger partial charge >= 0.3 is 6.03 Å². The molecule has 1 N–H and O–H groups in total. The van der Waals surface area contributed by atoms with Crippen LogP contribution >= 0.6 is 11.9 Å². The van der Waals surface area contributed by atoms with Gasteiger partial charge in [0.05, 0.1) is 19.1 Å². The molecule has 0 radical (unpaired) electrons. The van der Waals surface area contributed by atoms with Crippen molar-refractivity contribution in [2.45, 2.75) is 11.4 Å². The number of urea groups is 1. The lowest BCUT2D eigenvalue weighted by molar-refractivity contribution is 0.207. The first kappa shape index (κ1) is 16.5. The van der Waals surface area contributed by atoms with E-state index in [2.05, 4.69) is 21.8 Å². The van der Waals surface area contributed by atoms with Crippen LogP contribution in [0, 0.1) is 0 Å². The van der Waals surface area contributed by atoms with E-state index in [-0.39, 0.29) is 6.03 Å². The van der Waals surface area contributed by atoms with Crippen molar-refractivity contribution in [3.63, 3.8) is 0 Å². The predicted molar refractivity (Wildman–Crippen MR) is 103 cm³/mol. The van der Waals surface area contributed by atoms with Crippen molar-refractivity contribution in [2.24, 2.45) is 0 Å². The number of nitrogens with zero attached hydrogens (tertiary/aromatic N) is 2. The zero-order chi connectivity index (χ0) is 18.2. The van der Waals surface area contributed by atoms with E-state index in [1.165, 1.54) is 16.0 Å². The number of hydrogen-bond donors (Lipinski definition) is 1. The molecule has 3 aromatic rings. The molecule has 2 aliphatic rings. The molecule has 0 spiro atoms. The zero-order valence-corrected chi connectivity index (χ0v) is 15.5. The first-order chi connectivity index (χ1) is 13.2. The molecule has 0 aliphatic carbocycles. The number of fused-ring (bicyclic) bond motifs is 1. The normalized spacial score (nSPS) is 17.1. The molecular weight excluding hydrogens is 362 g/mol. The Bertz CT molecular complexity index is 991. The lowest BCUT2D eigenvalue weighted by Crippen LogP contribution is -2.40. The van der Waals surface area contributed by atoms with Gasteiger partial charge in [0, 0.05) is 36.5 Å². The summed E-state index contributed by atoms with van der Waals surface area (Å²) >= 11 is 1.76. The molecule has 2 amide bonds. The van der Waals surface area contributed by atoms with Crippen LogP contribution in [0.3, 0.4) is 0 Å². The van der Waals surface area contributed by atoms with Gasteiger partial charge in [-0.2, -0.15) is 0 Å². The van der Waals surface area contributed by atoms with Gasteiger partial charge in [-0.1, -0.05) is 0 Å². The van der Waals surface area contributed by atoms with Gasteiger partial charge in [0.2, 0.25) is 0 Å². The van der Waals surface area contributed by atoms with Gasteiger partial charge in [-0.3, -0.25) is 0 Å². The van der Waals surface area contributed by atoms with Gasteiger partial charge < -0.3 is 19.1 Å². The van der Waals surface area contributed by atoms with E-state index in [0.717, 1.165) is 29.8 Å². The maximum atomic E-state index is 12.4. The van der Waals surface area contributed by atoms with E-state index in [4.69, 9.17) is 8.83 Å². The van der Waals surface area contributed by atoms with E-state index in [1.54, 1.807) is 24.5 Å². The summed E-state index contributed by atoms with van der Waals surface area (Å²) in [5.74, 6) is 0.764. The minimum absolute atomic E-state index is 0.0367. The number of rotatable bonds is 4. The van der Waals surface area contributed by atoms with E-state index in [0.29, 0.717) is 19.6 Å². The van der Waals surface area contributed by atoms with Gasteiger partial charge in [0.25, 0.3) is 0 Å². The molecule has 27 heavy (non-hydrogen) atoms. The lowest BCUT2D eigenvalue weighted by atomic mass is 10.2. The summed E-state index contributed by atoms with van der Waals surface area (Å²) in [7, 11) is 0. The largest absolute Gasteiger partial charge is 0.467 e. The number of carbonyl (C=O) groups is 1. The van der Waals surface area contributed by atoms with Crippen LogP contribution in [0.4, 0.5) is 4.79 Å². The van der Waals surface area contributed by atoms with Crippen molar-refractivity contribution in [3.05, 3.63) is 65.8 Å². The van der Waals surface area contributed by atoms with Crippen LogP contribution < -0.4 is 5.32 Å². The van der Waals surface area contributed by atoms with Crippen molar-refractivity contribution < 1.29 is 13.6 Å². The van der Waals surface area contributed by atoms with Crippen molar-refractivity contribution in [1.82, 2.24) is 14.5 Å². The molecule has 6 nitrogen and oxygen atoms in total. The topological polar surface area (TPSA) is 61.9 Å². The summed E-state index contributed by atoms with van der Waals surface area (Å²) in [5, 5.41) is 4.04. The Labute approximate surface area is 160 Å². The van der Waals surface area contributed by atoms with Crippen molar-refractivity contribution >= 4 is 28.9 Å². The van der Waals surface area contributed by atoms with Crippen LogP contribution in [0.25, 0.3) is 11.0 Å². The van der Waals surface area contributed by atoms with Crippen molar-refractivity contribution in [2.75, 3.05) is 26.2 Å². The monoisotopic (exact) mass is 381 g/mol. The first-order valence-corrected chi connectivity index (χ1v) is 9.67. The van der Waals surface area contributed by atoms with Crippen LogP contribution in [0.2, 0.25) is 0 Å². The second kappa shape index (κ2) is 6.83. The third-order valence-electron chi connectivity index (χ3n) is 4.94. The molecule has 1 aromatic carbocycles. The zero-order valence-electron chi connectivity index (χ0n) is 14.7. The maximum absolute atomic E-state index is 12.4. The highest BCUT2D eigenvalue weighted by Gasteiger charge is 2.32. The van der Waals surface area contributed by atoms with Crippen LogP contribution in [0.5, 0.6) is 0 Å². The Morgan fingerprint density at radius 1 is 1.04 bits per heavy atom. The van der Waals surface area contributed by atoms with Gasteiger partial charge in [0.1, 0.15) is 11.3 Å². The van der Waals surface area contributed by atoms with Gasteiger partial charge in [-0.05, 0) is 59.5 Å². The second-order valence-corrected chi connectivity index (χ2v) is 7.98. The van der Waals surface area contributed by atoms with E-state index >= 15 is 0 Å². The molecule has 0 atom stereocenters. The van der Waals surface area contributed by atoms with Crippen LogP contribution in [0.1, 0.15) is 5.76 Å². The van der Waals surface area contributed by atoms with Gasteiger partial charge in [-0.15, -0.1) is 0 Å². The molecule has 5 rings (SSSR count). The molecule has 0 saturated carbocycles. The third kappa shape index (κ3) is 3.36. The highest BCUT2D eigenvalue weighted by molar-refractivity contribution is 7.97. The number of benzene rings is 1. The summed E-state index contributed by atoms with van der Waals surface area (Å²) in [6.07, 6.45) is 3.33. The molecule has 2 aliphatic heterocycles. The Morgan fingerprint density at radius 3 is 2.67 bits per heavy atom. The van der Waals surface area contributed by atoms with Crippen LogP contribution in [-0.4, -0.2) is 41.4 Å². The van der Waals surface area contributed by atoms with Crippen LogP contribution in [0.15, 0.2) is 73.8 Å². The molecule has 0 fully saturated rings. The summed E-state index contributed by atoms with van der Waals surface area (Å²) in [6, 6.07) is 11.9. The van der Waals surface area contributed by atoms with E-state index in [9.17, 15) is 4.79 Å². The van der Waals surface area contributed by atoms with E-state index < -0.39 is 0 Å². The second-order valence-electron chi connectivity index (χ2n) is 6.81. The average Bonchev–Trinajstić information content (AvgIpc) is 3.42. The molecule has 2 aromatic heterocycles. The maximum Gasteiger partial charge on any atom is 0.318 e. The fourth-order valence-corrected chi connectivity index (χ4v) is 4.64. The smallest absolute Gasteiger partial charge is 0.318 e. The Kier molecular flexibility index (Phi) is 4.18. The Balaban J connectivity index is 1.14. The highest BCUT2D eigenvalue weighted by Crippen LogP contribution is 2.34. The number of nitrogens with one attached hydrogen (secondary N) is 1. The molecule has 4 heterocycles. The minimum atomic E-state index is -0.0367. The molecule has 0 saturated heterocycles. The Hall–Kier alpha value is -2.64. The summed E-state index contributed by atoms with van der Waals surface area (Å²) in [5.41, 5.74) is 3.64. The lowest BCUT2D eigenvalue weighted by Gasteiger charge is -2.22. The number of amides is 2. The van der Waals surface area contributed by atoms with Gasteiger partial charge in [0.15, 0.2) is 0 Å². The molecule has 0 bridgehead atoms. The fraction of sp³-hybridized carbons (Fsp3) is 0.250. The number of furan rings is 2. The predicted octanol–water partition coefficient (Wildman–Crippen LogP) is 3.87. The highest BCUT2D eigenvalue weighted by atomic mass is 32.2. The fourth-order valence-electron chi connectivity index (χ4n) is 3.59.